The molecular weight excluding hydrogens is 444 g/mol. The van der Waals surface area contributed by atoms with Crippen molar-refractivity contribution in [3.63, 3.8) is 0 Å². The first-order valence-corrected chi connectivity index (χ1v) is 12.9. The molecule has 1 N–H and O–H groups in total. The molecule has 1 amide bonds. The zero-order chi connectivity index (χ0) is 23.7. The normalized spacial score (nSPS) is 14.7. The molecule has 33 heavy (non-hydrogen) atoms. The summed E-state index contributed by atoms with van der Waals surface area (Å²) in [6.45, 7) is 7.03. The highest BCUT2D eigenvalue weighted by atomic mass is 32.2. The van der Waals surface area contributed by atoms with Crippen molar-refractivity contribution in [3.8, 4) is 11.5 Å². The molecule has 2 heterocycles. The first-order chi connectivity index (χ1) is 15.9. The van der Waals surface area contributed by atoms with Crippen LogP contribution >= 0.6 is 0 Å². The SMILES string of the molecule is CCOc1ccc(C(=O)NCCCS(=O)(=O)N2CCN(c3ccccn3)CC2)cc1OCC. The predicted octanol–water partition coefficient (Wildman–Crippen LogP) is 2.15. The summed E-state index contributed by atoms with van der Waals surface area (Å²) in [6, 6.07) is 10.7. The van der Waals surface area contributed by atoms with E-state index in [1.165, 1.54) is 4.31 Å². The monoisotopic (exact) mass is 476 g/mol. The minimum atomic E-state index is -3.38. The maximum Gasteiger partial charge on any atom is 0.251 e. The molecule has 9 nitrogen and oxygen atoms in total. The molecule has 0 saturated carbocycles. The van der Waals surface area contributed by atoms with Crippen LogP contribution in [-0.4, -0.2) is 75.3 Å². The standard InChI is InChI=1S/C23H32N4O5S/c1-3-31-20-10-9-19(18-21(20)32-4-2)23(28)25-12-7-17-33(29,30)27-15-13-26(14-16-27)22-8-5-6-11-24-22/h5-6,8-11,18H,3-4,7,12-17H2,1-2H3,(H,25,28). The average Bonchev–Trinajstić information content (AvgIpc) is 2.84. The number of carbonyl (C=O) groups excluding carboxylic acids is 1. The van der Waals surface area contributed by atoms with Gasteiger partial charge in [-0.2, -0.15) is 4.31 Å². The number of ether oxygens (including phenoxy) is 2. The van der Waals surface area contributed by atoms with Crippen LogP contribution in [0.25, 0.3) is 0 Å². The lowest BCUT2D eigenvalue weighted by Crippen LogP contribution is -2.49. The number of nitrogens with zero attached hydrogens (tertiary/aromatic N) is 3. The van der Waals surface area contributed by atoms with E-state index < -0.39 is 10.0 Å². The van der Waals surface area contributed by atoms with Crippen molar-refractivity contribution in [2.75, 3.05) is 56.6 Å². The molecule has 0 aliphatic carbocycles. The Morgan fingerprint density at radius 2 is 1.76 bits per heavy atom. The Bertz CT molecular complexity index is 1010. The van der Waals surface area contributed by atoms with Gasteiger partial charge in [-0.15, -0.1) is 0 Å². The molecule has 180 valence electrons. The van der Waals surface area contributed by atoms with E-state index in [9.17, 15) is 13.2 Å². The van der Waals surface area contributed by atoms with Crippen LogP contribution in [0.15, 0.2) is 42.6 Å². The number of amides is 1. The number of benzene rings is 1. The molecule has 1 aliphatic rings. The maximum atomic E-state index is 12.7. The van der Waals surface area contributed by atoms with E-state index in [1.54, 1.807) is 24.4 Å². The molecule has 3 rings (SSSR count). The fraction of sp³-hybridized carbons (Fsp3) is 0.478. The summed E-state index contributed by atoms with van der Waals surface area (Å²) >= 11 is 0. The van der Waals surface area contributed by atoms with Crippen molar-refractivity contribution in [1.29, 1.82) is 0 Å². The van der Waals surface area contributed by atoms with Gasteiger partial charge in [0.1, 0.15) is 5.82 Å². The van der Waals surface area contributed by atoms with Crippen LogP contribution in [-0.2, 0) is 10.0 Å². The van der Waals surface area contributed by atoms with Gasteiger partial charge in [0.25, 0.3) is 5.91 Å². The van der Waals surface area contributed by atoms with Crippen molar-refractivity contribution < 1.29 is 22.7 Å². The lowest BCUT2D eigenvalue weighted by molar-refractivity contribution is 0.0953. The maximum absolute atomic E-state index is 12.7. The Balaban J connectivity index is 1.45. The Kier molecular flexibility index (Phi) is 8.90. The van der Waals surface area contributed by atoms with Gasteiger partial charge in [-0.25, -0.2) is 13.4 Å². The van der Waals surface area contributed by atoms with Gasteiger partial charge in [-0.1, -0.05) is 6.07 Å². The molecule has 0 bridgehead atoms. The summed E-state index contributed by atoms with van der Waals surface area (Å²) in [6.07, 6.45) is 2.07. The lowest BCUT2D eigenvalue weighted by Gasteiger charge is -2.34. The highest BCUT2D eigenvalue weighted by Crippen LogP contribution is 2.28. The Labute approximate surface area is 195 Å². The van der Waals surface area contributed by atoms with Gasteiger partial charge in [0, 0.05) is 44.5 Å². The molecule has 0 atom stereocenters. The molecule has 10 heteroatoms. The Morgan fingerprint density at radius 3 is 2.42 bits per heavy atom. The summed E-state index contributed by atoms with van der Waals surface area (Å²) in [4.78, 5) is 18.9. The quantitative estimate of drug-likeness (QED) is 0.496. The fourth-order valence-electron chi connectivity index (χ4n) is 3.62. The molecule has 1 aromatic carbocycles. The van der Waals surface area contributed by atoms with Crippen molar-refractivity contribution in [2.45, 2.75) is 20.3 Å². The van der Waals surface area contributed by atoms with Gasteiger partial charge in [-0.3, -0.25) is 4.79 Å². The second-order valence-corrected chi connectivity index (χ2v) is 9.62. The molecular formula is C23H32N4O5S. The van der Waals surface area contributed by atoms with Gasteiger partial charge in [0.2, 0.25) is 10.0 Å². The number of pyridine rings is 1. The zero-order valence-electron chi connectivity index (χ0n) is 19.2. The lowest BCUT2D eigenvalue weighted by atomic mass is 10.2. The molecule has 0 radical (unpaired) electrons. The molecule has 1 aliphatic heterocycles. The molecule has 0 spiro atoms. The summed E-state index contributed by atoms with van der Waals surface area (Å²) in [5, 5.41) is 2.79. The second kappa shape index (κ2) is 11.9. The number of nitrogens with one attached hydrogen (secondary N) is 1. The summed E-state index contributed by atoms with van der Waals surface area (Å²) in [5.74, 6) is 1.67. The second-order valence-electron chi connectivity index (χ2n) is 7.53. The fourth-order valence-corrected chi connectivity index (χ4v) is 5.10. The summed E-state index contributed by atoms with van der Waals surface area (Å²) < 4.78 is 38.0. The molecule has 1 saturated heterocycles. The van der Waals surface area contributed by atoms with Crippen LogP contribution in [0.3, 0.4) is 0 Å². The Hall–Kier alpha value is -2.85. The largest absolute Gasteiger partial charge is 0.490 e. The number of aromatic nitrogens is 1. The zero-order valence-corrected chi connectivity index (χ0v) is 20.0. The number of piperazine rings is 1. The highest BCUT2D eigenvalue weighted by Gasteiger charge is 2.27. The van der Waals surface area contributed by atoms with Gasteiger partial charge < -0.3 is 19.7 Å². The van der Waals surface area contributed by atoms with Crippen molar-refractivity contribution in [1.82, 2.24) is 14.6 Å². The minimum Gasteiger partial charge on any atom is -0.490 e. The number of sulfonamides is 1. The highest BCUT2D eigenvalue weighted by molar-refractivity contribution is 7.89. The van der Waals surface area contributed by atoms with Crippen LogP contribution in [0.2, 0.25) is 0 Å². The number of anilines is 1. The molecule has 1 aromatic heterocycles. The minimum absolute atomic E-state index is 0.00958. The van der Waals surface area contributed by atoms with Crippen LogP contribution < -0.4 is 19.7 Å². The van der Waals surface area contributed by atoms with E-state index in [0.29, 0.717) is 62.9 Å². The van der Waals surface area contributed by atoms with Crippen LogP contribution in [0.4, 0.5) is 5.82 Å². The van der Waals surface area contributed by atoms with Crippen LogP contribution in [0.1, 0.15) is 30.6 Å². The average molecular weight is 477 g/mol. The summed E-state index contributed by atoms with van der Waals surface area (Å²) in [5.41, 5.74) is 0.440. The van der Waals surface area contributed by atoms with Crippen LogP contribution in [0, 0.1) is 0 Å². The number of hydrogen-bond acceptors (Lipinski definition) is 7. The van der Waals surface area contributed by atoms with E-state index in [-0.39, 0.29) is 18.2 Å². The van der Waals surface area contributed by atoms with Gasteiger partial charge in [-0.05, 0) is 50.6 Å². The van der Waals surface area contributed by atoms with Crippen molar-refractivity contribution in [2.24, 2.45) is 0 Å². The van der Waals surface area contributed by atoms with E-state index in [2.05, 4.69) is 15.2 Å². The van der Waals surface area contributed by atoms with E-state index in [4.69, 9.17) is 9.47 Å². The number of hydrogen-bond donors (Lipinski definition) is 1. The smallest absolute Gasteiger partial charge is 0.251 e. The number of carbonyl (C=O) groups is 1. The topological polar surface area (TPSA) is 101 Å². The van der Waals surface area contributed by atoms with E-state index in [1.807, 2.05) is 32.0 Å². The third-order valence-corrected chi connectivity index (χ3v) is 7.23. The predicted molar refractivity (Wildman–Crippen MR) is 128 cm³/mol. The van der Waals surface area contributed by atoms with Gasteiger partial charge in [0.15, 0.2) is 11.5 Å². The third kappa shape index (κ3) is 6.82. The van der Waals surface area contributed by atoms with Crippen LogP contribution in [0.5, 0.6) is 11.5 Å². The molecule has 0 unspecified atom stereocenters. The Morgan fingerprint density at radius 1 is 1.03 bits per heavy atom. The molecule has 1 fully saturated rings. The first kappa shape index (κ1) is 24.8. The summed E-state index contributed by atoms with van der Waals surface area (Å²) in [7, 11) is -3.38. The van der Waals surface area contributed by atoms with Gasteiger partial charge >= 0.3 is 0 Å². The number of rotatable bonds is 11. The first-order valence-electron chi connectivity index (χ1n) is 11.3. The van der Waals surface area contributed by atoms with E-state index >= 15 is 0 Å². The van der Waals surface area contributed by atoms with Crippen molar-refractivity contribution in [3.05, 3.63) is 48.2 Å². The van der Waals surface area contributed by atoms with Gasteiger partial charge in [0.05, 0.1) is 19.0 Å². The van der Waals surface area contributed by atoms with E-state index in [0.717, 1.165) is 5.82 Å². The third-order valence-electron chi connectivity index (χ3n) is 5.28. The van der Waals surface area contributed by atoms with Crippen molar-refractivity contribution >= 4 is 21.7 Å². The molecule has 2 aromatic rings.